The van der Waals surface area contributed by atoms with E-state index >= 15 is 0 Å². The van der Waals surface area contributed by atoms with E-state index in [1.54, 1.807) is 17.4 Å². The molecule has 0 unspecified atom stereocenters. The molecule has 1 aliphatic rings. The summed E-state index contributed by atoms with van der Waals surface area (Å²) < 4.78 is 0. The summed E-state index contributed by atoms with van der Waals surface area (Å²) >= 11 is 1.68. The zero-order valence-electron chi connectivity index (χ0n) is 13.4. The van der Waals surface area contributed by atoms with Crippen molar-refractivity contribution in [3.8, 4) is 39.4 Å². The average Bonchev–Trinajstić information content (AvgIpc) is 3.29. The molecular weight excluding hydrogens is 326 g/mol. The van der Waals surface area contributed by atoms with Gasteiger partial charge in [0.15, 0.2) is 0 Å². The van der Waals surface area contributed by atoms with Crippen molar-refractivity contribution >= 4 is 11.3 Å². The summed E-state index contributed by atoms with van der Waals surface area (Å²) in [6.45, 7) is 0. The van der Waals surface area contributed by atoms with Gasteiger partial charge in [-0.1, -0.05) is 36.4 Å². The lowest BCUT2D eigenvalue weighted by Gasteiger charge is -2.12. The molecule has 0 saturated carbocycles. The molecule has 0 amide bonds. The van der Waals surface area contributed by atoms with E-state index in [1.807, 2.05) is 12.1 Å². The van der Waals surface area contributed by atoms with E-state index in [4.69, 9.17) is 4.98 Å². The molecule has 25 heavy (non-hydrogen) atoms. The van der Waals surface area contributed by atoms with Crippen molar-refractivity contribution in [3.63, 3.8) is 0 Å². The summed E-state index contributed by atoms with van der Waals surface area (Å²) in [5.74, 6) is 0.288. The minimum atomic E-state index is 0.288. The first kappa shape index (κ1) is 14.4. The zero-order chi connectivity index (χ0) is 16.8. The fraction of sp³-hybridized carbons (Fsp3) is 0.0455. The summed E-state index contributed by atoms with van der Waals surface area (Å²) in [4.78, 5) is 4.99. The lowest BCUT2D eigenvalue weighted by molar-refractivity contribution is 0.475. The Morgan fingerprint density at radius 1 is 0.880 bits per heavy atom. The first-order chi connectivity index (χ1) is 12.3. The number of aromatic hydroxyl groups is 1. The summed E-state index contributed by atoms with van der Waals surface area (Å²) in [5.41, 5.74) is 9.14. The summed E-state index contributed by atoms with van der Waals surface area (Å²) in [7, 11) is 0. The SMILES string of the molecule is Oc1cccc(-c2cc(-c3ccsc3)nc3c2Cc2ccccc2-3)c1. The van der Waals surface area contributed by atoms with Crippen molar-refractivity contribution in [2.24, 2.45) is 0 Å². The fourth-order valence-corrected chi connectivity index (χ4v) is 4.21. The summed E-state index contributed by atoms with van der Waals surface area (Å²) in [6.07, 6.45) is 0.882. The van der Waals surface area contributed by atoms with Crippen molar-refractivity contribution in [1.29, 1.82) is 0 Å². The van der Waals surface area contributed by atoms with Crippen molar-refractivity contribution in [2.45, 2.75) is 6.42 Å². The number of fused-ring (bicyclic) bond motifs is 3. The quantitative estimate of drug-likeness (QED) is 0.443. The molecule has 0 fully saturated rings. The van der Waals surface area contributed by atoms with Crippen LogP contribution in [0.5, 0.6) is 5.75 Å². The van der Waals surface area contributed by atoms with Gasteiger partial charge in [-0.15, -0.1) is 0 Å². The Labute approximate surface area is 150 Å². The minimum absolute atomic E-state index is 0.288. The molecule has 0 radical (unpaired) electrons. The topological polar surface area (TPSA) is 33.1 Å². The highest BCUT2D eigenvalue weighted by Crippen LogP contribution is 2.42. The van der Waals surface area contributed by atoms with Gasteiger partial charge in [0, 0.05) is 22.9 Å². The lowest BCUT2D eigenvalue weighted by Crippen LogP contribution is -1.94. The Morgan fingerprint density at radius 2 is 1.80 bits per heavy atom. The highest BCUT2D eigenvalue weighted by molar-refractivity contribution is 7.08. The number of pyridine rings is 1. The monoisotopic (exact) mass is 341 g/mol. The van der Waals surface area contributed by atoms with Gasteiger partial charge in [-0.2, -0.15) is 11.3 Å². The molecule has 2 nitrogen and oxygen atoms in total. The van der Waals surface area contributed by atoms with Crippen LogP contribution in [0.3, 0.4) is 0 Å². The van der Waals surface area contributed by atoms with E-state index in [2.05, 4.69) is 53.2 Å². The zero-order valence-corrected chi connectivity index (χ0v) is 14.3. The molecule has 4 aromatic rings. The number of thiophene rings is 1. The third-order valence-corrected chi connectivity index (χ3v) is 5.42. The van der Waals surface area contributed by atoms with Crippen LogP contribution in [-0.2, 0) is 6.42 Å². The number of rotatable bonds is 2. The van der Waals surface area contributed by atoms with Crippen LogP contribution in [0, 0.1) is 0 Å². The second-order valence-electron chi connectivity index (χ2n) is 6.28. The normalized spacial score (nSPS) is 12.0. The lowest BCUT2D eigenvalue weighted by atomic mass is 9.96. The Hall–Kier alpha value is -2.91. The van der Waals surface area contributed by atoms with Crippen LogP contribution in [0.2, 0.25) is 0 Å². The Morgan fingerprint density at radius 3 is 2.64 bits per heavy atom. The van der Waals surface area contributed by atoms with Gasteiger partial charge in [-0.3, -0.25) is 0 Å². The van der Waals surface area contributed by atoms with Crippen LogP contribution in [0.4, 0.5) is 0 Å². The molecule has 2 aromatic heterocycles. The highest BCUT2D eigenvalue weighted by atomic mass is 32.1. The number of hydrogen-bond donors (Lipinski definition) is 1. The van der Waals surface area contributed by atoms with Crippen LogP contribution in [-0.4, -0.2) is 10.1 Å². The van der Waals surface area contributed by atoms with E-state index < -0.39 is 0 Å². The van der Waals surface area contributed by atoms with E-state index in [0.717, 1.165) is 34.5 Å². The maximum atomic E-state index is 9.94. The van der Waals surface area contributed by atoms with E-state index in [1.165, 1.54) is 16.7 Å². The third kappa shape index (κ3) is 2.36. The number of benzene rings is 2. The molecule has 0 atom stereocenters. The first-order valence-electron chi connectivity index (χ1n) is 8.24. The standard InChI is InChI=1S/C22H15NOS/c24-17-6-3-5-14(10-17)19-12-21(16-8-9-25-13-16)23-22-18-7-2-1-4-15(18)11-20(19)22/h1-10,12-13,24H,11H2. The molecule has 0 saturated heterocycles. The van der Waals surface area contributed by atoms with Crippen LogP contribution in [0.25, 0.3) is 33.6 Å². The van der Waals surface area contributed by atoms with Gasteiger partial charge in [0.25, 0.3) is 0 Å². The van der Waals surface area contributed by atoms with Crippen molar-refractivity contribution in [2.75, 3.05) is 0 Å². The Bertz CT molecular complexity index is 1080. The Balaban J connectivity index is 1.80. The highest BCUT2D eigenvalue weighted by Gasteiger charge is 2.24. The number of phenols is 1. The first-order valence-corrected chi connectivity index (χ1v) is 9.18. The van der Waals surface area contributed by atoms with Gasteiger partial charge >= 0.3 is 0 Å². The van der Waals surface area contributed by atoms with Crippen molar-refractivity contribution in [1.82, 2.24) is 4.98 Å². The molecular formula is C22H15NOS. The second kappa shape index (κ2) is 5.57. The largest absolute Gasteiger partial charge is 0.508 e. The molecule has 0 aliphatic heterocycles. The van der Waals surface area contributed by atoms with Gasteiger partial charge in [0.1, 0.15) is 5.75 Å². The van der Waals surface area contributed by atoms with Crippen LogP contribution in [0.1, 0.15) is 11.1 Å². The molecule has 2 aromatic carbocycles. The van der Waals surface area contributed by atoms with Crippen LogP contribution in [0.15, 0.2) is 71.4 Å². The Kier molecular flexibility index (Phi) is 3.22. The molecule has 1 aliphatic carbocycles. The third-order valence-electron chi connectivity index (χ3n) is 4.74. The molecule has 0 bridgehead atoms. The molecule has 2 heterocycles. The van der Waals surface area contributed by atoms with E-state index in [9.17, 15) is 5.11 Å². The number of aromatic nitrogens is 1. The van der Waals surface area contributed by atoms with Gasteiger partial charge in [-0.05, 0) is 51.9 Å². The smallest absolute Gasteiger partial charge is 0.116 e. The molecule has 1 N–H and O–H groups in total. The fourth-order valence-electron chi connectivity index (χ4n) is 3.56. The maximum Gasteiger partial charge on any atom is 0.116 e. The predicted octanol–water partition coefficient (Wildman–Crippen LogP) is 5.75. The van der Waals surface area contributed by atoms with Gasteiger partial charge in [-0.25, -0.2) is 4.98 Å². The summed E-state index contributed by atoms with van der Waals surface area (Å²) in [5, 5.41) is 14.1. The molecule has 120 valence electrons. The van der Waals surface area contributed by atoms with Gasteiger partial charge < -0.3 is 5.11 Å². The number of phenolic OH excluding ortho intramolecular Hbond substituents is 1. The number of hydrogen-bond acceptors (Lipinski definition) is 3. The van der Waals surface area contributed by atoms with Crippen LogP contribution < -0.4 is 0 Å². The average molecular weight is 341 g/mol. The number of nitrogens with zero attached hydrogens (tertiary/aromatic N) is 1. The maximum absolute atomic E-state index is 9.94. The summed E-state index contributed by atoms with van der Waals surface area (Å²) in [6, 6.07) is 20.2. The molecule has 5 rings (SSSR count). The molecule has 3 heteroatoms. The molecule has 0 spiro atoms. The van der Waals surface area contributed by atoms with E-state index in [0.29, 0.717) is 0 Å². The predicted molar refractivity (Wildman–Crippen MR) is 103 cm³/mol. The van der Waals surface area contributed by atoms with Crippen molar-refractivity contribution < 1.29 is 5.11 Å². The van der Waals surface area contributed by atoms with Gasteiger partial charge in [0.2, 0.25) is 0 Å². The van der Waals surface area contributed by atoms with Gasteiger partial charge in [0.05, 0.1) is 11.4 Å². The minimum Gasteiger partial charge on any atom is -0.508 e. The second-order valence-corrected chi connectivity index (χ2v) is 7.06. The van der Waals surface area contributed by atoms with Crippen LogP contribution >= 0.6 is 11.3 Å². The van der Waals surface area contributed by atoms with E-state index in [-0.39, 0.29) is 5.75 Å². The van der Waals surface area contributed by atoms with Crippen molar-refractivity contribution in [3.05, 3.63) is 82.6 Å².